The smallest absolute Gasteiger partial charge is 0.330 e. The molecule has 1 aliphatic carbocycles. The van der Waals surface area contributed by atoms with Gasteiger partial charge in [0.05, 0.1) is 0 Å². The van der Waals surface area contributed by atoms with Crippen LogP contribution in [0.3, 0.4) is 0 Å². The summed E-state index contributed by atoms with van der Waals surface area (Å²) in [5.74, 6) is -0.381. The number of hydrogen-bond acceptors (Lipinski definition) is 2. The van der Waals surface area contributed by atoms with Crippen molar-refractivity contribution < 1.29 is 9.53 Å². The van der Waals surface area contributed by atoms with Gasteiger partial charge in [-0.25, -0.2) is 4.79 Å². The molecule has 0 radical (unpaired) electrons. The summed E-state index contributed by atoms with van der Waals surface area (Å²) in [5.41, 5.74) is -0.418. The zero-order valence-electron chi connectivity index (χ0n) is 6.06. The molecule has 1 saturated carbocycles. The summed E-state index contributed by atoms with van der Waals surface area (Å²) in [6, 6.07) is 0. The van der Waals surface area contributed by atoms with E-state index in [0.29, 0.717) is 0 Å². The molecule has 1 unspecified atom stereocenters. The average molecular weight is 284 g/mol. The summed E-state index contributed by atoms with van der Waals surface area (Å²) in [6.45, 7) is 5.17. The van der Waals surface area contributed by atoms with Crippen molar-refractivity contribution in [3.63, 3.8) is 0 Å². The largest absolute Gasteiger partial charge is 0.454 e. The van der Waals surface area contributed by atoms with Gasteiger partial charge in [-0.15, -0.1) is 0 Å². The van der Waals surface area contributed by atoms with Crippen LogP contribution in [-0.4, -0.2) is 14.8 Å². The maximum absolute atomic E-state index is 10.8. The first-order chi connectivity index (χ1) is 4.91. The molecule has 1 fully saturated rings. The van der Waals surface area contributed by atoms with Gasteiger partial charge in [0.2, 0.25) is 0 Å². The Balaban J connectivity index is 2.53. The summed E-state index contributed by atoms with van der Waals surface area (Å²) in [7, 11) is 0. The Labute approximate surface area is 82.2 Å². The van der Waals surface area contributed by atoms with Crippen LogP contribution in [0.2, 0.25) is 0 Å². The molecule has 1 atom stereocenters. The van der Waals surface area contributed by atoms with Gasteiger partial charge in [-0.05, 0) is 6.92 Å². The third kappa shape index (κ3) is 1.67. The summed E-state index contributed by atoms with van der Waals surface area (Å²) in [5, 5.41) is 0. The summed E-state index contributed by atoms with van der Waals surface area (Å²) < 4.78 is 4.83. The van der Waals surface area contributed by atoms with E-state index in [9.17, 15) is 4.79 Å². The van der Waals surface area contributed by atoms with E-state index in [-0.39, 0.29) is 9.20 Å². The highest BCUT2D eigenvalue weighted by molar-refractivity contribution is 9.25. The highest BCUT2D eigenvalue weighted by Crippen LogP contribution is 2.61. The third-order valence-corrected chi connectivity index (χ3v) is 3.94. The molecule has 0 amide bonds. The van der Waals surface area contributed by atoms with Crippen LogP contribution in [0.15, 0.2) is 12.7 Å². The van der Waals surface area contributed by atoms with Crippen molar-refractivity contribution in [2.24, 2.45) is 0 Å². The minimum absolute atomic E-state index is 0.230. The van der Waals surface area contributed by atoms with Crippen LogP contribution in [0.5, 0.6) is 0 Å². The van der Waals surface area contributed by atoms with Gasteiger partial charge in [-0.2, -0.15) is 0 Å². The van der Waals surface area contributed by atoms with Crippen molar-refractivity contribution in [3.8, 4) is 0 Å². The lowest BCUT2D eigenvalue weighted by Crippen LogP contribution is -2.19. The predicted molar refractivity (Wildman–Crippen MR) is 49.9 cm³/mol. The van der Waals surface area contributed by atoms with Crippen molar-refractivity contribution in [2.45, 2.75) is 22.2 Å². The molecule has 62 valence electrons. The standard InChI is InChI=1S/C7H8Br2O2/c1-3-5(10)11-6(2)4-7(6,8)9/h3H,1,4H2,2H3. The topological polar surface area (TPSA) is 26.3 Å². The Morgan fingerprint density at radius 1 is 1.73 bits per heavy atom. The second-order valence-corrected chi connectivity index (χ2v) is 6.51. The van der Waals surface area contributed by atoms with Crippen molar-refractivity contribution in [3.05, 3.63) is 12.7 Å². The van der Waals surface area contributed by atoms with E-state index in [4.69, 9.17) is 4.74 Å². The van der Waals surface area contributed by atoms with Crippen LogP contribution in [-0.2, 0) is 9.53 Å². The van der Waals surface area contributed by atoms with Crippen LogP contribution >= 0.6 is 31.9 Å². The van der Waals surface area contributed by atoms with E-state index >= 15 is 0 Å². The lowest BCUT2D eigenvalue weighted by molar-refractivity contribution is -0.143. The first kappa shape index (κ1) is 9.26. The predicted octanol–water partition coefficient (Wildman–Crippen LogP) is 2.36. The first-order valence-corrected chi connectivity index (χ1v) is 4.73. The number of esters is 1. The van der Waals surface area contributed by atoms with Gasteiger partial charge < -0.3 is 4.74 Å². The summed E-state index contributed by atoms with van der Waals surface area (Å²) in [4.78, 5) is 10.8. The summed E-state index contributed by atoms with van der Waals surface area (Å²) >= 11 is 6.74. The quantitative estimate of drug-likeness (QED) is 0.442. The third-order valence-electron chi connectivity index (χ3n) is 1.70. The van der Waals surface area contributed by atoms with Crippen LogP contribution in [0, 0.1) is 0 Å². The van der Waals surface area contributed by atoms with E-state index < -0.39 is 5.60 Å². The molecular formula is C7H8Br2O2. The Bertz CT molecular complexity index is 212. The molecule has 0 N–H and O–H groups in total. The van der Waals surface area contributed by atoms with Crippen molar-refractivity contribution >= 4 is 37.8 Å². The lowest BCUT2D eigenvalue weighted by atomic mass is 10.4. The Morgan fingerprint density at radius 3 is 2.45 bits per heavy atom. The Hall–Kier alpha value is 0.170. The van der Waals surface area contributed by atoms with E-state index in [1.165, 1.54) is 6.08 Å². The van der Waals surface area contributed by atoms with Gasteiger partial charge in [-0.1, -0.05) is 38.4 Å². The van der Waals surface area contributed by atoms with Gasteiger partial charge in [0, 0.05) is 12.5 Å². The molecule has 11 heavy (non-hydrogen) atoms. The van der Waals surface area contributed by atoms with E-state index in [0.717, 1.165) is 6.42 Å². The number of ether oxygens (including phenoxy) is 1. The average Bonchev–Trinajstić information content (AvgIpc) is 2.31. The molecule has 0 spiro atoms. The molecule has 0 aromatic heterocycles. The molecular weight excluding hydrogens is 276 g/mol. The Kier molecular flexibility index (Phi) is 2.18. The number of alkyl halides is 2. The maximum atomic E-state index is 10.8. The molecule has 1 rings (SSSR count). The maximum Gasteiger partial charge on any atom is 0.330 e. The monoisotopic (exact) mass is 282 g/mol. The van der Waals surface area contributed by atoms with E-state index in [1.807, 2.05) is 6.92 Å². The SMILES string of the molecule is C=CC(=O)OC1(C)CC1(Br)Br. The van der Waals surface area contributed by atoms with Crippen LogP contribution < -0.4 is 0 Å². The molecule has 0 saturated heterocycles. The first-order valence-electron chi connectivity index (χ1n) is 3.14. The van der Waals surface area contributed by atoms with Crippen molar-refractivity contribution in [2.75, 3.05) is 0 Å². The molecule has 0 heterocycles. The van der Waals surface area contributed by atoms with E-state index in [2.05, 4.69) is 38.4 Å². The van der Waals surface area contributed by atoms with Gasteiger partial charge in [-0.3, -0.25) is 0 Å². The van der Waals surface area contributed by atoms with Crippen LogP contribution in [0.1, 0.15) is 13.3 Å². The molecule has 2 nitrogen and oxygen atoms in total. The van der Waals surface area contributed by atoms with Crippen LogP contribution in [0.4, 0.5) is 0 Å². The highest BCUT2D eigenvalue weighted by atomic mass is 79.9. The van der Waals surface area contributed by atoms with Gasteiger partial charge >= 0.3 is 5.97 Å². The highest BCUT2D eigenvalue weighted by Gasteiger charge is 2.65. The van der Waals surface area contributed by atoms with Gasteiger partial charge in [0.1, 0.15) is 8.83 Å². The fourth-order valence-electron chi connectivity index (χ4n) is 0.754. The minimum atomic E-state index is -0.418. The molecule has 4 heteroatoms. The summed E-state index contributed by atoms with van der Waals surface area (Å²) in [6.07, 6.45) is 1.94. The Morgan fingerprint density at radius 2 is 2.18 bits per heavy atom. The molecule has 0 aromatic carbocycles. The number of hydrogen-bond donors (Lipinski definition) is 0. The fraction of sp³-hybridized carbons (Fsp3) is 0.571. The molecule has 0 aliphatic heterocycles. The number of rotatable bonds is 2. The zero-order valence-corrected chi connectivity index (χ0v) is 9.24. The molecule has 0 aromatic rings. The van der Waals surface area contributed by atoms with Gasteiger partial charge in [0.25, 0.3) is 0 Å². The van der Waals surface area contributed by atoms with Gasteiger partial charge in [0.15, 0.2) is 0 Å². The molecule has 1 aliphatic rings. The molecule has 0 bridgehead atoms. The fourth-order valence-corrected chi connectivity index (χ4v) is 1.99. The number of carbonyl (C=O) groups excluding carboxylic acids is 1. The number of halogens is 2. The normalized spacial score (nSPS) is 32.6. The van der Waals surface area contributed by atoms with Crippen molar-refractivity contribution in [1.29, 1.82) is 0 Å². The second kappa shape index (κ2) is 2.59. The van der Waals surface area contributed by atoms with Crippen LogP contribution in [0.25, 0.3) is 0 Å². The zero-order chi connectivity index (χ0) is 8.70. The number of carbonyl (C=O) groups is 1. The van der Waals surface area contributed by atoms with Crippen molar-refractivity contribution in [1.82, 2.24) is 0 Å². The second-order valence-electron chi connectivity index (χ2n) is 2.74. The lowest BCUT2D eigenvalue weighted by Gasteiger charge is -2.11. The minimum Gasteiger partial charge on any atom is -0.454 e. The van der Waals surface area contributed by atoms with E-state index in [1.54, 1.807) is 0 Å².